The third-order valence-corrected chi connectivity index (χ3v) is 5.12. The van der Waals surface area contributed by atoms with Crippen LogP contribution >= 0.6 is 0 Å². The van der Waals surface area contributed by atoms with Gasteiger partial charge >= 0.3 is 6.09 Å². The topological polar surface area (TPSA) is 102 Å². The fourth-order valence-electron chi connectivity index (χ4n) is 3.79. The first kappa shape index (κ1) is 17.6. The molecule has 3 N–H and O–H groups in total. The van der Waals surface area contributed by atoms with Crippen LogP contribution in [-0.2, 0) is 16.0 Å². The predicted molar refractivity (Wildman–Crippen MR) is 84.2 cm³/mol. The summed E-state index contributed by atoms with van der Waals surface area (Å²) in [5, 5.41) is 10.7. The van der Waals surface area contributed by atoms with Gasteiger partial charge in [-0.05, 0) is 19.3 Å². The molecule has 0 aromatic carbocycles. The summed E-state index contributed by atoms with van der Waals surface area (Å²) >= 11 is 0. The van der Waals surface area contributed by atoms with Crippen molar-refractivity contribution in [1.29, 1.82) is 0 Å². The molecule has 2 fully saturated rings. The lowest BCUT2D eigenvalue weighted by Crippen LogP contribution is -2.43. The van der Waals surface area contributed by atoms with Crippen LogP contribution in [0.3, 0.4) is 0 Å². The number of hydrogen-bond acceptors (Lipinski definition) is 7. The Bertz CT molecular complexity index is 657. The van der Waals surface area contributed by atoms with Crippen molar-refractivity contribution in [2.45, 2.75) is 49.9 Å². The van der Waals surface area contributed by atoms with Gasteiger partial charge in [-0.15, -0.1) is 0 Å². The summed E-state index contributed by atoms with van der Waals surface area (Å²) in [5.41, 5.74) is 7.28. The fourth-order valence-corrected chi connectivity index (χ4v) is 3.79. The van der Waals surface area contributed by atoms with Crippen LogP contribution in [0, 0.1) is 5.92 Å². The van der Waals surface area contributed by atoms with E-state index in [-0.39, 0.29) is 37.3 Å². The number of carbonyl (C=O) groups excluding carboxylic acids is 1. The number of carbonyl (C=O) groups is 1. The van der Waals surface area contributed by atoms with E-state index in [4.69, 9.17) is 9.47 Å². The number of alkyl carbamates (subject to hydrolysis) is 1. The molecule has 4 unspecified atom stereocenters. The lowest BCUT2D eigenvalue weighted by molar-refractivity contribution is -0.107. The van der Waals surface area contributed by atoms with E-state index >= 15 is 0 Å². The molecular formula is C15H22F2N6O3. The maximum atomic E-state index is 14.0. The molecule has 1 amide bonds. The van der Waals surface area contributed by atoms with Crippen molar-refractivity contribution in [2.75, 3.05) is 19.8 Å². The summed E-state index contributed by atoms with van der Waals surface area (Å²) in [4.78, 5) is 13.0. The van der Waals surface area contributed by atoms with Crippen LogP contribution in [0.2, 0.25) is 0 Å². The van der Waals surface area contributed by atoms with Crippen LogP contribution in [0.25, 0.3) is 0 Å². The lowest BCUT2D eigenvalue weighted by Gasteiger charge is -2.33. The molecule has 9 nitrogen and oxygen atoms in total. The number of amides is 1. The normalized spacial score (nSPS) is 34.8. The lowest BCUT2D eigenvalue weighted by atomic mass is 9.79. The zero-order valence-corrected chi connectivity index (χ0v) is 14.2. The molecule has 0 radical (unpaired) electrons. The monoisotopic (exact) mass is 372 g/mol. The number of cyclic esters (lactones) is 1. The zero-order valence-electron chi connectivity index (χ0n) is 14.2. The minimum absolute atomic E-state index is 0.00744. The third-order valence-electron chi connectivity index (χ3n) is 5.12. The van der Waals surface area contributed by atoms with Gasteiger partial charge in [0.05, 0.1) is 31.4 Å². The molecule has 1 saturated heterocycles. The van der Waals surface area contributed by atoms with Crippen molar-refractivity contribution in [2.24, 2.45) is 5.92 Å². The first-order chi connectivity index (χ1) is 12.5. The first-order valence-corrected chi connectivity index (χ1v) is 8.81. The molecule has 2 aliphatic heterocycles. The molecule has 4 bridgehead atoms. The summed E-state index contributed by atoms with van der Waals surface area (Å²) < 4.78 is 38.3. The van der Waals surface area contributed by atoms with E-state index in [1.165, 1.54) is 4.80 Å². The third kappa shape index (κ3) is 3.79. The minimum atomic E-state index is -3.14. The maximum absolute atomic E-state index is 14.0. The standard InChI is InChI=1S/C15H22F2N6O3/c16-15(17)7-18-14(24)25-4-3-23-19-6-12(22-23)13-10-5-9(26-8-15)1-2-11(10)20-21-13/h6,9-11,13,20-21H,1-5,7-8H2,(H,18,24). The Hall–Kier alpha value is -1.85. The number of halogens is 2. The smallest absolute Gasteiger partial charge is 0.407 e. The number of ether oxygens (including phenoxy) is 2. The van der Waals surface area contributed by atoms with Crippen molar-refractivity contribution >= 4 is 6.09 Å². The van der Waals surface area contributed by atoms with Crippen LogP contribution in [0.15, 0.2) is 6.20 Å². The molecule has 0 spiro atoms. The van der Waals surface area contributed by atoms with Gasteiger partial charge in [-0.25, -0.2) is 19.0 Å². The molecule has 11 heteroatoms. The van der Waals surface area contributed by atoms with Crippen LogP contribution in [0.5, 0.6) is 0 Å². The summed E-state index contributed by atoms with van der Waals surface area (Å²) in [5.74, 6) is -2.95. The van der Waals surface area contributed by atoms with Gasteiger partial charge in [-0.1, -0.05) is 0 Å². The van der Waals surface area contributed by atoms with Crippen LogP contribution in [0.4, 0.5) is 13.6 Å². The van der Waals surface area contributed by atoms with E-state index in [1.54, 1.807) is 6.20 Å². The molecule has 1 aliphatic carbocycles. The average molecular weight is 372 g/mol. The van der Waals surface area contributed by atoms with Crippen molar-refractivity contribution in [3.63, 3.8) is 0 Å². The molecule has 1 aromatic heterocycles. The van der Waals surface area contributed by atoms with Gasteiger partial charge in [0.15, 0.2) is 0 Å². The number of nitrogens with zero attached hydrogens (tertiary/aromatic N) is 3. The SMILES string of the molecule is O=C1NCC(F)(F)COC2CCC3NNC(c4cnn(n4)CCO1)C3C2. The summed E-state index contributed by atoms with van der Waals surface area (Å²) in [6.07, 6.45) is 2.74. The van der Waals surface area contributed by atoms with Crippen LogP contribution in [-0.4, -0.2) is 58.9 Å². The van der Waals surface area contributed by atoms with E-state index in [9.17, 15) is 13.6 Å². The number of alkyl halides is 2. The van der Waals surface area contributed by atoms with Crippen molar-refractivity contribution in [3.8, 4) is 0 Å². The molecular weight excluding hydrogens is 350 g/mol. The highest BCUT2D eigenvalue weighted by atomic mass is 19.3. The van der Waals surface area contributed by atoms with Gasteiger partial charge in [0.25, 0.3) is 5.92 Å². The van der Waals surface area contributed by atoms with Gasteiger partial charge in [0.2, 0.25) is 0 Å². The molecule has 3 heterocycles. The van der Waals surface area contributed by atoms with Crippen LogP contribution in [0.1, 0.15) is 31.0 Å². The quantitative estimate of drug-likeness (QED) is 0.604. The molecule has 26 heavy (non-hydrogen) atoms. The molecule has 1 aromatic rings. The van der Waals surface area contributed by atoms with Gasteiger partial charge in [0.1, 0.15) is 18.9 Å². The predicted octanol–water partition coefficient (Wildman–Crippen LogP) is 0.356. The summed E-state index contributed by atoms with van der Waals surface area (Å²) in [7, 11) is 0. The highest BCUT2D eigenvalue weighted by Crippen LogP contribution is 2.38. The van der Waals surface area contributed by atoms with Gasteiger partial charge in [0, 0.05) is 12.0 Å². The number of rotatable bonds is 0. The Morgan fingerprint density at radius 1 is 1.31 bits per heavy atom. The molecule has 4 rings (SSSR count). The Kier molecular flexibility index (Phi) is 4.76. The highest BCUT2D eigenvalue weighted by molar-refractivity contribution is 5.67. The molecule has 144 valence electrons. The van der Waals surface area contributed by atoms with E-state index in [2.05, 4.69) is 26.4 Å². The molecule has 3 aliphatic rings. The first-order valence-electron chi connectivity index (χ1n) is 8.81. The number of aromatic nitrogens is 3. The maximum Gasteiger partial charge on any atom is 0.407 e. The highest BCUT2D eigenvalue weighted by Gasteiger charge is 2.43. The summed E-state index contributed by atoms with van der Waals surface area (Å²) in [6, 6.07) is 0.199. The number of fused-ring (bicyclic) bond motifs is 4. The van der Waals surface area contributed by atoms with Gasteiger partial charge < -0.3 is 14.8 Å². The van der Waals surface area contributed by atoms with Crippen molar-refractivity contribution in [1.82, 2.24) is 31.2 Å². The van der Waals surface area contributed by atoms with Crippen molar-refractivity contribution in [3.05, 3.63) is 11.9 Å². The van der Waals surface area contributed by atoms with Crippen LogP contribution < -0.4 is 16.2 Å². The molecule has 1 saturated carbocycles. The van der Waals surface area contributed by atoms with E-state index in [0.717, 1.165) is 12.1 Å². The van der Waals surface area contributed by atoms with Gasteiger partial charge in [-0.3, -0.25) is 5.43 Å². The van der Waals surface area contributed by atoms with Gasteiger partial charge in [-0.2, -0.15) is 15.0 Å². The number of hydrogen-bond donors (Lipinski definition) is 3. The van der Waals surface area contributed by atoms with Crippen molar-refractivity contribution < 1.29 is 23.0 Å². The number of nitrogens with one attached hydrogen (secondary N) is 3. The second kappa shape index (κ2) is 7.05. The molecule has 4 atom stereocenters. The van der Waals surface area contributed by atoms with E-state index in [0.29, 0.717) is 12.8 Å². The number of hydrazine groups is 1. The fraction of sp³-hybridized carbons (Fsp3) is 0.800. The Balaban J connectivity index is 1.53. The Morgan fingerprint density at radius 2 is 2.19 bits per heavy atom. The largest absolute Gasteiger partial charge is 0.448 e. The van der Waals surface area contributed by atoms with E-state index < -0.39 is 25.2 Å². The van der Waals surface area contributed by atoms with E-state index in [1.807, 2.05) is 0 Å². The second-order valence-electron chi connectivity index (χ2n) is 6.99. The minimum Gasteiger partial charge on any atom is -0.448 e. The Morgan fingerprint density at radius 3 is 3.08 bits per heavy atom. The average Bonchev–Trinajstić information content (AvgIpc) is 3.24. The second-order valence-corrected chi connectivity index (χ2v) is 6.99. The Labute approximate surface area is 148 Å². The zero-order chi connectivity index (χ0) is 18.1. The summed E-state index contributed by atoms with van der Waals surface area (Å²) in [6.45, 7) is -1.30.